The summed E-state index contributed by atoms with van der Waals surface area (Å²) in [6.07, 6.45) is -7.49. The van der Waals surface area contributed by atoms with E-state index in [9.17, 15) is 24.6 Å². The molecule has 0 radical (unpaired) electrons. The van der Waals surface area contributed by atoms with Gasteiger partial charge in [-0.25, -0.2) is 0 Å². The van der Waals surface area contributed by atoms with Crippen LogP contribution in [-0.4, -0.2) is 139 Å². The van der Waals surface area contributed by atoms with E-state index in [1.54, 1.807) is 34.6 Å². The number of methoxy groups -OCH3 is 1. The molecule has 0 saturated carbocycles. The lowest BCUT2D eigenvalue weighted by Gasteiger charge is -2.49. The zero-order valence-electron chi connectivity index (χ0n) is 35.2. The average molecular weight is 786 g/mol. The van der Waals surface area contributed by atoms with Gasteiger partial charge in [0.2, 0.25) is 0 Å². The number of aliphatic hydroxyl groups excluding tert-OH is 1. The Hall–Kier alpha value is -2.37. The van der Waals surface area contributed by atoms with E-state index in [2.05, 4.69) is 0 Å². The van der Waals surface area contributed by atoms with Gasteiger partial charge < -0.3 is 57.7 Å². The largest absolute Gasteiger partial charge is 0.489 e. The maximum atomic E-state index is 14.3. The summed E-state index contributed by atoms with van der Waals surface area (Å²) >= 11 is 0. The minimum absolute atomic E-state index is 0.139. The Morgan fingerprint density at radius 2 is 1.67 bits per heavy atom. The van der Waals surface area contributed by atoms with Crippen LogP contribution >= 0.6 is 0 Å². The molecule has 2 bridgehead atoms. The Morgan fingerprint density at radius 1 is 1.02 bits per heavy atom. The van der Waals surface area contributed by atoms with Gasteiger partial charge in [-0.3, -0.25) is 14.4 Å². The van der Waals surface area contributed by atoms with Crippen LogP contribution in [-0.2, 0) is 57.0 Å². The molecule has 4 heterocycles. The van der Waals surface area contributed by atoms with E-state index in [0.717, 1.165) is 5.57 Å². The van der Waals surface area contributed by atoms with Crippen LogP contribution in [0.25, 0.3) is 0 Å². The van der Waals surface area contributed by atoms with Gasteiger partial charge in [0.15, 0.2) is 24.8 Å². The number of rotatable bonds is 10. The molecule has 15 heteroatoms. The number of aliphatic hydroxyl groups is 2. The Balaban J connectivity index is 1.88. The van der Waals surface area contributed by atoms with Gasteiger partial charge >= 0.3 is 11.9 Å². The third-order valence-corrected chi connectivity index (χ3v) is 12.4. The van der Waals surface area contributed by atoms with Crippen LogP contribution in [0, 0.1) is 17.8 Å². The SMILES string of the molecule is CCC1OC(=O)C(C)C(OC2C[C@@](C)(OC)[C@@H](OC=O)C(C)O2)C(C)[C@@H](OC2OC(C)CC(N(C)C)[C@H]2OC(C)=O)C2(C)CC(C)=C(O2)[C@H](C)[C@@H](O)[C@]1(C)O. The summed E-state index contributed by atoms with van der Waals surface area (Å²) in [5.41, 5.74) is -3.15. The Labute approximate surface area is 326 Å². The molecule has 3 saturated heterocycles. The lowest BCUT2D eigenvalue weighted by Crippen LogP contribution is -2.61. The molecule has 3 fully saturated rings. The van der Waals surface area contributed by atoms with Crippen LogP contribution in [0.4, 0.5) is 0 Å². The molecule has 0 aliphatic carbocycles. The molecule has 0 aromatic carbocycles. The third kappa shape index (κ3) is 9.35. The molecule has 0 aromatic rings. The number of carbonyl (C=O) groups is 3. The zero-order valence-corrected chi connectivity index (χ0v) is 35.2. The molecular formula is C40H67NO14. The molecule has 0 aromatic heterocycles. The van der Waals surface area contributed by atoms with Gasteiger partial charge in [-0.05, 0) is 81.0 Å². The smallest absolute Gasteiger partial charge is 0.311 e. The predicted molar refractivity (Wildman–Crippen MR) is 198 cm³/mol. The summed E-state index contributed by atoms with van der Waals surface area (Å²) in [7, 11) is 5.33. The Morgan fingerprint density at radius 3 is 2.24 bits per heavy atom. The van der Waals surface area contributed by atoms with Gasteiger partial charge in [-0.2, -0.15) is 0 Å². The molecule has 10 unspecified atom stereocenters. The first kappa shape index (κ1) is 45.3. The lowest BCUT2D eigenvalue weighted by molar-refractivity contribution is -0.317. The van der Waals surface area contributed by atoms with E-state index in [-0.39, 0.29) is 25.0 Å². The summed E-state index contributed by atoms with van der Waals surface area (Å²) < 4.78 is 56.8. The van der Waals surface area contributed by atoms with E-state index < -0.39 is 102 Å². The summed E-state index contributed by atoms with van der Waals surface area (Å²) in [5.74, 6) is -3.02. The minimum Gasteiger partial charge on any atom is -0.489 e. The van der Waals surface area contributed by atoms with Crippen molar-refractivity contribution >= 4 is 18.4 Å². The van der Waals surface area contributed by atoms with Crippen LogP contribution in [0.3, 0.4) is 0 Å². The third-order valence-electron chi connectivity index (χ3n) is 12.4. The number of esters is 2. The van der Waals surface area contributed by atoms with Gasteiger partial charge in [-0.15, -0.1) is 0 Å². The second-order valence-electron chi connectivity index (χ2n) is 17.1. The second-order valence-corrected chi connectivity index (χ2v) is 17.1. The standard InChI is InChI=1S/C40H67NO14/c1-15-28-40(11,46)33(44)22(4)30-20(2)17-39(10,55-30)34(54-37-32(51-26(8)43)27(41(12)13)16-21(3)49-37)23(5)31(24(6)36(45)52-28)53-29-18-38(9,47-14)35(48-19-42)25(7)50-29/h19,21-25,27-29,31-35,37,44,46H,15-18H2,1-14H3/t21?,22-,23?,24?,25?,27?,28?,29?,31?,32+,33+,34+,35-,37?,38+,39?,40+/m0/s1. The molecule has 4 aliphatic rings. The van der Waals surface area contributed by atoms with Crippen LogP contribution in [0.15, 0.2) is 11.3 Å². The van der Waals surface area contributed by atoms with Crippen LogP contribution < -0.4 is 0 Å². The number of cyclic esters (lactones) is 1. The molecule has 55 heavy (non-hydrogen) atoms. The molecule has 0 amide bonds. The highest BCUT2D eigenvalue weighted by atomic mass is 16.7. The van der Waals surface area contributed by atoms with Crippen LogP contribution in [0.5, 0.6) is 0 Å². The number of carbonyl (C=O) groups excluding carboxylic acids is 3. The predicted octanol–water partition coefficient (Wildman–Crippen LogP) is 3.64. The fourth-order valence-corrected chi connectivity index (χ4v) is 9.33. The van der Waals surface area contributed by atoms with Crippen molar-refractivity contribution in [3.8, 4) is 0 Å². The molecule has 316 valence electrons. The monoisotopic (exact) mass is 785 g/mol. The van der Waals surface area contributed by atoms with Crippen molar-refractivity contribution in [3.05, 3.63) is 11.3 Å². The quantitative estimate of drug-likeness (QED) is 0.186. The van der Waals surface area contributed by atoms with E-state index in [1.165, 1.54) is 21.0 Å². The van der Waals surface area contributed by atoms with Crippen molar-refractivity contribution in [3.63, 3.8) is 0 Å². The minimum atomic E-state index is -1.86. The number of fused-ring (bicyclic) bond motifs is 2. The first-order valence-electron chi connectivity index (χ1n) is 19.6. The molecule has 17 atom stereocenters. The van der Waals surface area contributed by atoms with E-state index >= 15 is 0 Å². The van der Waals surface area contributed by atoms with Crippen molar-refractivity contribution in [2.45, 2.75) is 186 Å². The van der Waals surface area contributed by atoms with Crippen molar-refractivity contribution in [1.82, 2.24) is 4.90 Å². The van der Waals surface area contributed by atoms with Gasteiger partial charge in [0.25, 0.3) is 6.47 Å². The highest BCUT2D eigenvalue weighted by molar-refractivity contribution is 5.73. The van der Waals surface area contributed by atoms with Gasteiger partial charge in [0.1, 0.15) is 34.8 Å². The fraction of sp³-hybridized carbons (Fsp3) is 0.875. The molecular weight excluding hydrogens is 718 g/mol. The van der Waals surface area contributed by atoms with Gasteiger partial charge in [-0.1, -0.05) is 20.8 Å². The van der Waals surface area contributed by atoms with Crippen molar-refractivity contribution in [2.75, 3.05) is 21.2 Å². The first-order valence-corrected chi connectivity index (χ1v) is 19.6. The summed E-state index contributed by atoms with van der Waals surface area (Å²) in [5, 5.41) is 23.6. The Bertz CT molecular complexity index is 1390. The van der Waals surface area contributed by atoms with Crippen LogP contribution in [0.1, 0.15) is 102 Å². The lowest BCUT2D eigenvalue weighted by atomic mass is 9.78. The number of hydrogen-bond donors (Lipinski definition) is 2. The molecule has 4 aliphatic heterocycles. The van der Waals surface area contributed by atoms with Crippen molar-refractivity contribution in [1.29, 1.82) is 0 Å². The summed E-state index contributed by atoms with van der Waals surface area (Å²) in [6.45, 7) is 19.6. The highest BCUT2D eigenvalue weighted by Gasteiger charge is 2.57. The Kier molecular flexibility index (Phi) is 14.5. The summed E-state index contributed by atoms with van der Waals surface area (Å²) in [4.78, 5) is 40.2. The molecule has 2 N–H and O–H groups in total. The molecule has 15 nitrogen and oxygen atoms in total. The summed E-state index contributed by atoms with van der Waals surface area (Å²) in [6, 6.07) is -0.245. The van der Waals surface area contributed by atoms with Crippen molar-refractivity contribution in [2.24, 2.45) is 17.8 Å². The van der Waals surface area contributed by atoms with E-state index in [1.807, 2.05) is 46.7 Å². The number of likely N-dealkylation sites (N-methyl/N-ethyl adjacent to an activating group) is 1. The van der Waals surface area contributed by atoms with Crippen LogP contribution in [0.2, 0.25) is 0 Å². The molecule has 4 rings (SSSR count). The van der Waals surface area contributed by atoms with Gasteiger partial charge in [0, 0.05) is 38.7 Å². The maximum Gasteiger partial charge on any atom is 0.311 e. The first-order chi connectivity index (χ1) is 25.5. The average Bonchev–Trinajstić information content (AvgIpc) is 3.42. The number of hydrogen-bond acceptors (Lipinski definition) is 15. The fourth-order valence-electron chi connectivity index (χ4n) is 9.33. The normalized spacial score (nSPS) is 45.8. The second kappa shape index (κ2) is 17.6. The van der Waals surface area contributed by atoms with Crippen molar-refractivity contribution < 1.29 is 67.2 Å². The highest BCUT2D eigenvalue weighted by Crippen LogP contribution is 2.47. The number of nitrogens with zero attached hydrogens (tertiary/aromatic N) is 1. The number of ether oxygens (including phenoxy) is 9. The maximum absolute atomic E-state index is 14.3. The van der Waals surface area contributed by atoms with E-state index in [4.69, 9.17) is 42.6 Å². The zero-order chi connectivity index (χ0) is 41.4. The van der Waals surface area contributed by atoms with Gasteiger partial charge in [0.05, 0.1) is 36.4 Å². The topological polar surface area (TPSA) is 178 Å². The van der Waals surface area contributed by atoms with E-state index in [0.29, 0.717) is 25.1 Å². The molecule has 0 spiro atoms.